The maximum absolute atomic E-state index is 12.8. The molecule has 1 aliphatic rings. The Balaban J connectivity index is 1.56. The predicted molar refractivity (Wildman–Crippen MR) is 115 cm³/mol. The number of nitrogens with one attached hydrogen (secondary N) is 3. The van der Waals surface area contributed by atoms with E-state index in [-0.39, 0.29) is 30.2 Å². The Kier molecular flexibility index (Phi) is 7.43. The van der Waals surface area contributed by atoms with E-state index in [9.17, 15) is 14.4 Å². The fourth-order valence-electron chi connectivity index (χ4n) is 3.66. The smallest absolute Gasteiger partial charge is 0.262 e. The second-order valence-electron chi connectivity index (χ2n) is 7.44. The summed E-state index contributed by atoms with van der Waals surface area (Å²) < 4.78 is 5.55. The van der Waals surface area contributed by atoms with Crippen molar-refractivity contribution >= 4 is 29.1 Å². The lowest BCUT2D eigenvalue weighted by atomic mass is 9.97. The lowest BCUT2D eigenvalue weighted by Crippen LogP contribution is -2.47. The first-order valence-electron chi connectivity index (χ1n) is 10.2. The number of ether oxygens (including phenoxy) is 1. The molecule has 0 bridgehead atoms. The van der Waals surface area contributed by atoms with Crippen LogP contribution in [0.1, 0.15) is 32.6 Å². The average molecular weight is 409 g/mol. The molecule has 30 heavy (non-hydrogen) atoms. The van der Waals surface area contributed by atoms with Crippen LogP contribution in [0.5, 0.6) is 5.75 Å². The lowest BCUT2D eigenvalue weighted by molar-refractivity contribution is -0.126. The van der Waals surface area contributed by atoms with Gasteiger partial charge in [0.25, 0.3) is 5.91 Å². The summed E-state index contributed by atoms with van der Waals surface area (Å²) in [7, 11) is 0. The van der Waals surface area contributed by atoms with Crippen LogP contribution in [-0.4, -0.2) is 30.4 Å². The van der Waals surface area contributed by atoms with Crippen LogP contribution in [0.3, 0.4) is 0 Å². The highest BCUT2D eigenvalue weighted by Crippen LogP contribution is 2.28. The number of hydrogen-bond donors (Lipinski definition) is 3. The first-order chi connectivity index (χ1) is 14.5. The van der Waals surface area contributed by atoms with E-state index in [1.54, 1.807) is 36.4 Å². The Hall–Kier alpha value is -3.35. The van der Waals surface area contributed by atoms with Gasteiger partial charge in [0.05, 0.1) is 0 Å². The molecule has 1 unspecified atom stereocenters. The van der Waals surface area contributed by atoms with Gasteiger partial charge in [0.2, 0.25) is 11.8 Å². The fourth-order valence-corrected chi connectivity index (χ4v) is 3.66. The summed E-state index contributed by atoms with van der Waals surface area (Å²) in [6, 6.07) is 15.4. The quantitative estimate of drug-likeness (QED) is 0.623. The summed E-state index contributed by atoms with van der Waals surface area (Å²) in [5.74, 6) is -0.120. The lowest BCUT2D eigenvalue weighted by Gasteiger charge is -2.23. The molecule has 1 saturated carbocycles. The Morgan fingerprint density at radius 2 is 1.67 bits per heavy atom. The molecule has 0 aromatic heterocycles. The number of rotatable bonds is 8. The number of hydrogen-bond acceptors (Lipinski definition) is 4. The third-order valence-corrected chi connectivity index (χ3v) is 5.04. The molecule has 3 amide bonds. The van der Waals surface area contributed by atoms with Gasteiger partial charge in [-0.25, -0.2) is 0 Å². The van der Waals surface area contributed by atoms with Crippen LogP contribution in [0.4, 0.5) is 11.4 Å². The van der Waals surface area contributed by atoms with Gasteiger partial charge in [0.1, 0.15) is 11.8 Å². The third kappa shape index (κ3) is 6.34. The molecule has 0 spiro atoms. The molecule has 2 aromatic carbocycles. The summed E-state index contributed by atoms with van der Waals surface area (Å²) in [5, 5.41) is 8.39. The maximum atomic E-state index is 12.8. The van der Waals surface area contributed by atoms with Crippen LogP contribution in [0.25, 0.3) is 0 Å². The largest absolute Gasteiger partial charge is 0.484 e. The van der Waals surface area contributed by atoms with Gasteiger partial charge in [-0.2, -0.15) is 0 Å². The summed E-state index contributed by atoms with van der Waals surface area (Å²) in [5.41, 5.74) is 1.25. The average Bonchev–Trinajstić information content (AvgIpc) is 3.26. The van der Waals surface area contributed by atoms with E-state index in [0.717, 1.165) is 25.7 Å². The normalized spacial score (nSPS) is 14.6. The molecule has 0 radical (unpaired) electrons. The molecular weight excluding hydrogens is 382 g/mol. The topological polar surface area (TPSA) is 96.5 Å². The van der Waals surface area contributed by atoms with E-state index in [4.69, 9.17) is 4.74 Å². The van der Waals surface area contributed by atoms with Crippen LogP contribution in [-0.2, 0) is 14.4 Å². The molecule has 0 aliphatic heterocycles. The van der Waals surface area contributed by atoms with Gasteiger partial charge in [-0.15, -0.1) is 0 Å². The molecule has 0 saturated heterocycles. The van der Waals surface area contributed by atoms with Crippen molar-refractivity contribution < 1.29 is 19.1 Å². The molecule has 158 valence electrons. The fraction of sp³-hybridized carbons (Fsp3) is 0.348. The summed E-state index contributed by atoms with van der Waals surface area (Å²) in [4.78, 5) is 36.4. The van der Waals surface area contributed by atoms with Crippen LogP contribution in [0.2, 0.25) is 0 Å². The second kappa shape index (κ2) is 10.4. The van der Waals surface area contributed by atoms with Gasteiger partial charge < -0.3 is 20.7 Å². The zero-order valence-corrected chi connectivity index (χ0v) is 17.0. The van der Waals surface area contributed by atoms with Crippen LogP contribution in [0.15, 0.2) is 54.6 Å². The number of anilines is 2. The van der Waals surface area contributed by atoms with Crippen LogP contribution in [0, 0.1) is 5.92 Å². The monoisotopic (exact) mass is 409 g/mol. The van der Waals surface area contributed by atoms with Crippen molar-refractivity contribution in [3.63, 3.8) is 0 Å². The van der Waals surface area contributed by atoms with Gasteiger partial charge in [-0.05, 0) is 43.0 Å². The minimum Gasteiger partial charge on any atom is -0.484 e. The molecule has 7 nitrogen and oxygen atoms in total. The van der Waals surface area contributed by atoms with Gasteiger partial charge in [-0.3, -0.25) is 14.4 Å². The molecule has 3 N–H and O–H groups in total. The Morgan fingerprint density at radius 3 is 2.37 bits per heavy atom. The highest BCUT2D eigenvalue weighted by Gasteiger charge is 2.31. The Labute approximate surface area is 176 Å². The third-order valence-electron chi connectivity index (χ3n) is 5.04. The highest BCUT2D eigenvalue weighted by atomic mass is 16.5. The van der Waals surface area contributed by atoms with Crippen molar-refractivity contribution in [2.45, 2.75) is 38.6 Å². The standard InChI is InChI=1S/C23H27N3O4/c1-16(27)24-22(17-8-5-6-9-17)23(29)26-19-12-7-13-20(14-19)30-15-21(28)25-18-10-3-2-4-11-18/h2-4,7,10-14,17,22H,5-6,8-9,15H2,1H3,(H,24,27)(H,25,28)(H,26,29). The number of carbonyl (C=O) groups excluding carboxylic acids is 3. The van der Waals surface area contributed by atoms with Crippen molar-refractivity contribution in [3.05, 3.63) is 54.6 Å². The predicted octanol–water partition coefficient (Wildman–Crippen LogP) is 3.34. The van der Waals surface area contributed by atoms with Gasteiger partial charge in [0.15, 0.2) is 6.61 Å². The van der Waals surface area contributed by atoms with Crippen molar-refractivity contribution in [2.75, 3.05) is 17.2 Å². The molecule has 2 aromatic rings. The molecule has 1 aliphatic carbocycles. The van der Waals surface area contributed by atoms with E-state index < -0.39 is 6.04 Å². The van der Waals surface area contributed by atoms with Gasteiger partial charge >= 0.3 is 0 Å². The SMILES string of the molecule is CC(=O)NC(C(=O)Nc1cccc(OCC(=O)Nc2ccccc2)c1)C1CCCC1. The zero-order valence-electron chi connectivity index (χ0n) is 17.0. The number of benzene rings is 2. The molecule has 0 heterocycles. The van der Waals surface area contributed by atoms with E-state index in [2.05, 4.69) is 16.0 Å². The number of amides is 3. The highest BCUT2D eigenvalue weighted by molar-refractivity contribution is 5.97. The van der Waals surface area contributed by atoms with E-state index in [0.29, 0.717) is 17.1 Å². The summed E-state index contributed by atoms with van der Waals surface area (Å²) in [6.07, 6.45) is 4.00. The summed E-state index contributed by atoms with van der Waals surface area (Å²) in [6.45, 7) is 1.27. The minimum absolute atomic E-state index is 0.148. The second-order valence-corrected chi connectivity index (χ2v) is 7.44. The molecule has 3 rings (SSSR count). The van der Waals surface area contributed by atoms with E-state index in [1.807, 2.05) is 18.2 Å². The maximum Gasteiger partial charge on any atom is 0.262 e. The minimum atomic E-state index is -0.550. The van der Waals surface area contributed by atoms with Crippen molar-refractivity contribution in [1.82, 2.24) is 5.32 Å². The first kappa shape index (κ1) is 21.4. The van der Waals surface area contributed by atoms with E-state index >= 15 is 0 Å². The van der Waals surface area contributed by atoms with Gasteiger partial charge in [0, 0.05) is 24.4 Å². The first-order valence-corrected chi connectivity index (χ1v) is 10.2. The van der Waals surface area contributed by atoms with Crippen molar-refractivity contribution in [3.8, 4) is 5.75 Å². The van der Waals surface area contributed by atoms with Crippen molar-refractivity contribution in [1.29, 1.82) is 0 Å². The summed E-state index contributed by atoms with van der Waals surface area (Å²) >= 11 is 0. The molecule has 7 heteroatoms. The van der Waals surface area contributed by atoms with Crippen LogP contribution >= 0.6 is 0 Å². The van der Waals surface area contributed by atoms with Crippen molar-refractivity contribution in [2.24, 2.45) is 5.92 Å². The molecule has 1 atom stereocenters. The van der Waals surface area contributed by atoms with Gasteiger partial charge in [-0.1, -0.05) is 37.1 Å². The zero-order chi connectivity index (χ0) is 21.3. The Morgan fingerprint density at radius 1 is 0.967 bits per heavy atom. The number of para-hydroxylation sites is 1. The van der Waals surface area contributed by atoms with E-state index in [1.165, 1.54) is 6.92 Å². The van der Waals surface area contributed by atoms with Crippen LogP contribution < -0.4 is 20.7 Å². The molecule has 1 fully saturated rings. The molecular formula is C23H27N3O4. The number of carbonyl (C=O) groups is 3. The Bertz CT molecular complexity index is 879.